The van der Waals surface area contributed by atoms with Crippen LogP contribution >= 0.6 is 24.0 Å². The van der Waals surface area contributed by atoms with Crippen molar-refractivity contribution in [3.63, 3.8) is 0 Å². The van der Waals surface area contributed by atoms with Crippen LogP contribution in [0.25, 0.3) is 0 Å². The third kappa shape index (κ3) is 6.23. The molecule has 1 aliphatic heterocycles. The predicted molar refractivity (Wildman–Crippen MR) is 109 cm³/mol. The lowest BCUT2D eigenvalue weighted by molar-refractivity contribution is -0.0835. The van der Waals surface area contributed by atoms with Crippen LogP contribution in [-0.4, -0.2) is 42.0 Å². The van der Waals surface area contributed by atoms with E-state index < -0.39 is 0 Å². The Bertz CT molecular complexity index is 523. The Morgan fingerprint density at radius 1 is 1.42 bits per heavy atom. The van der Waals surface area contributed by atoms with Crippen molar-refractivity contribution >= 4 is 29.9 Å². The molecule has 2 unspecified atom stereocenters. The van der Waals surface area contributed by atoms with E-state index in [9.17, 15) is 0 Å². The van der Waals surface area contributed by atoms with Crippen LogP contribution in [0.5, 0.6) is 0 Å². The number of nitrogens with zero attached hydrogens (tertiary/aromatic N) is 3. The van der Waals surface area contributed by atoms with Gasteiger partial charge in [-0.3, -0.25) is 9.67 Å². The summed E-state index contributed by atoms with van der Waals surface area (Å²) in [6, 6.07) is 0. The Kier molecular flexibility index (Phi) is 8.49. The van der Waals surface area contributed by atoms with E-state index in [4.69, 9.17) is 4.74 Å². The van der Waals surface area contributed by atoms with Gasteiger partial charge < -0.3 is 15.4 Å². The van der Waals surface area contributed by atoms with Crippen LogP contribution in [0.15, 0.2) is 17.4 Å². The second-order valence-electron chi connectivity index (χ2n) is 7.39. The van der Waals surface area contributed by atoms with Gasteiger partial charge in [-0.2, -0.15) is 5.10 Å². The highest BCUT2D eigenvalue weighted by Crippen LogP contribution is 2.33. The molecule has 0 radical (unpaired) electrons. The van der Waals surface area contributed by atoms with Crippen LogP contribution in [0.2, 0.25) is 0 Å². The number of hydrogen-bond acceptors (Lipinski definition) is 3. The van der Waals surface area contributed by atoms with E-state index >= 15 is 0 Å². The smallest absolute Gasteiger partial charge is 0.191 e. The molecule has 2 heterocycles. The molecule has 6 nitrogen and oxygen atoms in total. The molecule has 1 fully saturated rings. The molecule has 0 aliphatic carbocycles. The molecule has 7 heteroatoms. The van der Waals surface area contributed by atoms with Gasteiger partial charge in [0.1, 0.15) is 0 Å². The summed E-state index contributed by atoms with van der Waals surface area (Å²) in [6.45, 7) is 9.25. The van der Waals surface area contributed by atoms with Crippen LogP contribution in [0.1, 0.15) is 39.2 Å². The highest BCUT2D eigenvalue weighted by Gasteiger charge is 2.35. The number of halogens is 1. The van der Waals surface area contributed by atoms with Crippen LogP contribution < -0.4 is 10.6 Å². The van der Waals surface area contributed by atoms with Gasteiger partial charge in [-0.15, -0.1) is 24.0 Å². The summed E-state index contributed by atoms with van der Waals surface area (Å²) in [6.07, 6.45) is 6.51. The molecule has 0 amide bonds. The molecule has 1 aliphatic rings. The lowest BCUT2D eigenvalue weighted by Crippen LogP contribution is -2.47. The maximum Gasteiger partial charge on any atom is 0.191 e. The molecule has 1 aromatic heterocycles. The molecule has 1 saturated heterocycles. The zero-order valence-electron chi connectivity index (χ0n) is 15.5. The molecule has 0 bridgehead atoms. The average molecular weight is 449 g/mol. The van der Waals surface area contributed by atoms with E-state index in [0.717, 1.165) is 37.6 Å². The number of aryl methyl sites for hydroxylation is 1. The van der Waals surface area contributed by atoms with Crippen LogP contribution in [0, 0.1) is 11.3 Å². The molecule has 2 N–H and O–H groups in total. The Balaban J connectivity index is 0.00000288. The fraction of sp³-hybridized carbons (Fsp3) is 0.765. The monoisotopic (exact) mass is 449 g/mol. The minimum atomic E-state index is 0. The van der Waals surface area contributed by atoms with Crippen molar-refractivity contribution in [2.45, 2.75) is 46.3 Å². The van der Waals surface area contributed by atoms with Crippen LogP contribution in [0.3, 0.4) is 0 Å². The van der Waals surface area contributed by atoms with E-state index in [1.165, 1.54) is 6.42 Å². The summed E-state index contributed by atoms with van der Waals surface area (Å²) in [5, 5.41) is 11.0. The van der Waals surface area contributed by atoms with Gasteiger partial charge in [0.25, 0.3) is 0 Å². The highest BCUT2D eigenvalue weighted by molar-refractivity contribution is 14.0. The Hall–Kier alpha value is -0.830. The van der Waals surface area contributed by atoms with E-state index in [1.54, 1.807) is 11.7 Å². The molecular weight excluding hydrogens is 417 g/mol. The molecule has 0 saturated carbocycles. The third-order valence-electron chi connectivity index (χ3n) is 4.27. The number of rotatable bonds is 4. The van der Waals surface area contributed by atoms with E-state index in [-0.39, 0.29) is 29.4 Å². The molecule has 0 aromatic carbocycles. The van der Waals surface area contributed by atoms with Gasteiger partial charge in [-0.1, -0.05) is 20.8 Å². The Morgan fingerprint density at radius 2 is 2.17 bits per heavy atom. The van der Waals surface area contributed by atoms with Gasteiger partial charge in [-0.25, -0.2) is 0 Å². The van der Waals surface area contributed by atoms with Crippen molar-refractivity contribution in [3.8, 4) is 0 Å². The Labute approximate surface area is 162 Å². The van der Waals surface area contributed by atoms with Gasteiger partial charge in [0.05, 0.1) is 12.3 Å². The maximum absolute atomic E-state index is 6.04. The summed E-state index contributed by atoms with van der Waals surface area (Å²) in [7, 11) is 3.73. The number of nitrogens with one attached hydrogen (secondary N) is 2. The summed E-state index contributed by atoms with van der Waals surface area (Å²) >= 11 is 0. The molecule has 24 heavy (non-hydrogen) atoms. The quantitative estimate of drug-likeness (QED) is 0.422. The fourth-order valence-electron chi connectivity index (χ4n) is 3.21. The number of aromatic nitrogens is 2. The zero-order chi connectivity index (χ0) is 16.9. The molecule has 1 aromatic rings. The predicted octanol–water partition coefficient (Wildman–Crippen LogP) is 2.54. The van der Waals surface area contributed by atoms with Crippen molar-refractivity contribution < 1.29 is 4.74 Å². The average Bonchev–Trinajstić information content (AvgIpc) is 2.92. The summed E-state index contributed by atoms with van der Waals surface area (Å²) < 4.78 is 7.85. The van der Waals surface area contributed by atoms with Crippen molar-refractivity contribution in [1.29, 1.82) is 0 Å². The van der Waals surface area contributed by atoms with Crippen LogP contribution in [0.4, 0.5) is 0 Å². The normalized spacial score (nSPS) is 22.0. The highest BCUT2D eigenvalue weighted by atomic mass is 127. The standard InChI is InChI=1S/C17H31N5O.HI/c1-17(2,3)15-14(7-6-8-23-15)11-20-16(18-4)19-9-13-10-21-22(5)12-13;/h10,12,14-15H,6-9,11H2,1-5H3,(H2,18,19,20);1H. The maximum atomic E-state index is 6.04. The number of guanidine groups is 1. The van der Waals surface area contributed by atoms with Gasteiger partial charge in [0.2, 0.25) is 0 Å². The molecule has 2 atom stereocenters. The van der Waals surface area contributed by atoms with Gasteiger partial charge in [-0.05, 0) is 18.3 Å². The molecule has 2 rings (SSSR count). The van der Waals surface area contributed by atoms with Gasteiger partial charge in [0.15, 0.2) is 5.96 Å². The largest absolute Gasteiger partial charge is 0.377 e. The molecular formula is C17H32IN5O. The molecule has 138 valence electrons. The fourth-order valence-corrected chi connectivity index (χ4v) is 3.21. The summed E-state index contributed by atoms with van der Waals surface area (Å²) in [5.41, 5.74) is 1.31. The Morgan fingerprint density at radius 3 is 2.75 bits per heavy atom. The number of hydrogen-bond donors (Lipinski definition) is 2. The van der Waals surface area contributed by atoms with Crippen LogP contribution in [-0.2, 0) is 18.3 Å². The first-order chi connectivity index (χ1) is 10.9. The second kappa shape index (κ2) is 9.60. The second-order valence-corrected chi connectivity index (χ2v) is 7.39. The van der Waals surface area contributed by atoms with Crippen molar-refractivity contribution in [1.82, 2.24) is 20.4 Å². The summed E-state index contributed by atoms with van der Waals surface area (Å²) in [4.78, 5) is 4.31. The van der Waals surface area contributed by atoms with E-state index in [0.29, 0.717) is 12.0 Å². The number of ether oxygens (including phenoxy) is 1. The first-order valence-corrected chi connectivity index (χ1v) is 8.44. The lowest BCUT2D eigenvalue weighted by Gasteiger charge is -2.40. The first-order valence-electron chi connectivity index (χ1n) is 8.44. The summed E-state index contributed by atoms with van der Waals surface area (Å²) in [5.74, 6) is 1.34. The zero-order valence-corrected chi connectivity index (χ0v) is 17.8. The minimum Gasteiger partial charge on any atom is -0.377 e. The number of aliphatic imine (C=N–C) groups is 1. The van der Waals surface area contributed by atoms with Crippen molar-refractivity contribution in [2.75, 3.05) is 20.2 Å². The van der Waals surface area contributed by atoms with Crippen molar-refractivity contribution in [2.24, 2.45) is 23.4 Å². The SMILES string of the molecule is CN=C(NCc1cnn(C)c1)NCC1CCCOC1C(C)(C)C.I. The van der Waals surface area contributed by atoms with Crippen molar-refractivity contribution in [3.05, 3.63) is 18.0 Å². The molecule has 0 spiro atoms. The van der Waals surface area contributed by atoms with E-state index in [1.807, 2.05) is 19.4 Å². The van der Waals surface area contributed by atoms with Gasteiger partial charge in [0, 0.05) is 51.5 Å². The first kappa shape index (κ1) is 21.2. The van der Waals surface area contributed by atoms with Gasteiger partial charge >= 0.3 is 0 Å². The third-order valence-corrected chi connectivity index (χ3v) is 4.27. The lowest BCUT2D eigenvalue weighted by atomic mass is 9.78. The minimum absolute atomic E-state index is 0. The van der Waals surface area contributed by atoms with E-state index in [2.05, 4.69) is 41.5 Å². The topological polar surface area (TPSA) is 63.5 Å².